The third kappa shape index (κ3) is 8.66. The summed E-state index contributed by atoms with van der Waals surface area (Å²) < 4.78 is 10.7. The van der Waals surface area contributed by atoms with Crippen LogP contribution in [0.25, 0.3) is 0 Å². The number of benzene rings is 1. The van der Waals surface area contributed by atoms with Crippen LogP contribution in [0.1, 0.15) is 45.1 Å². The third-order valence-corrected chi connectivity index (χ3v) is 5.08. The largest absolute Gasteiger partial charge is 0.445 e. The molecule has 1 aromatic rings. The van der Waals surface area contributed by atoms with E-state index >= 15 is 0 Å². The molecule has 0 radical (unpaired) electrons. The highest BCUT2D eigenvalue weighted by Gasteiger charge is 2.32. The predicted octanol–water partition coefficient (Wildman–Crippen LogP) is 1.70. The monoisotopic (exact) mass is 447 g/mol. The molecule has 1 fully saturated rings. The summed E-state index contributed by atoms with van der Waals surface area (Å²) in [5.41, 5.74) is 0.815. The topological polar surface area (TPSA) is 123 Å². The van der Waals surface area contributed by atoms with E-state index in [-0.39, 0.29) is 19.1 Å². The number of hydrogen-bond acceptors (Lipinski definition) is 6. The maximum absolute atomic E-state index is 12.9. The average Bonchev–Trinajstić information content (AvgIpc) is 2.78. The zero-order chi connectivity index (χ0) is 23.3. The lowest BCUT2D eigenvalue weighted by Crippen LogP contribution is -2.56. The van der Waals surface area contributed by atoms with Crippen molar-refractivity contribution in [1.29, 1.82) is 0 Å². The second-order valence-electron chi connectivity index (χ2n) is 8.10. The minimum atomic E-state index is -1.13. The van der Waals surface area contributed by atoms with Crippen LogP contribution in [-0.2, 0) is 30.5 Å². The molecule has 2 rings (SSSR count). The van der Waals surface area contributed by atoms with E-state index < -0.39 is 35.8 Å². The lowest BCUT2D eigenvalue weighted by molar-refractivity contribution is -0.141. The first-order valence-corrected chi connectivity index (χ1v) is 11.1. The van der Waals surface area contributed by atoms with Gasteiger partial charge in [-0.05, 0) is 24.3 Å². The van der Waals surface area contributed by atoms with Crippen molar-refractivity contribution in [2.75, 3.05) is 19.8 Å². The molecule has 32 heavy (non-hydrogen) atoms. The molecule has 1 saturated heterocycles. The van der Waals surface area contributed by atoms with Gasteiger partial charge in [-0.3, -0.25) is 14.4 Å². The Balaban J connectivity index is 1.97. The number of carbonyl (C=O) groups excluding carboxylic acids is 4. The summed E-state index contributed by atoms with van der Waals surface area (Å²) in [6, 6.07) is 7.08. The van der Waals surface area contributed by atoms with Gasteiger partial charge < -0.3 is 25.4 Å². The quantitative estimate of drug-likeness (QED) is 0.571. The fourth-order valence-corrected chi connectivity index (χ4v) is 3.20. The van der Waals surface area contributed by atoms with Gasteiger partial charge in [-0.25, -0.2) is 4.79 Å². The summed E-state index contributed by atoms with van der Waals surface area (Å²) in [6.45, 7) is 4.32. The number of Topliss-reactive ketones (excluding diaryl/α,β-unsaturated/α-hetero) is 1. The van der Waals surface area contributed by atoms with Gasteiger partial charge in [0.25, 0.3) is 5.91 Å². The highest BCUT2D eigenvalue weighted by molar-refractivity contribution is 6.38. The number of alkyl carbamates (subject to hydrolysis) is 1. The molecule has 3 amide bonds. The summed E-state index contributed by atoms with van der Waals surface area (Å²) >= 11 is 0. The van der Waals surface area contributed by atoms with Gasteiger partial charge in [0.15, 0.2) is 0 Å². The molecule has 1 aliphatic heterocycles. The molecular formula is C23H33N3O6. The van der Waals surface area contributed by atoms with Crippen molar-refractivity contribution < 1.29 is 28.7 Å². The number of amides is 3. The molecule has 0 spiro atoms. The van der Waals surface area contributed by atoms with Gasteiger partial charge >= 0.3 is 6.09 Å². The van der Waals surface area contributed by atoms with Crippen molar-refractivity contribution in [3.63, 3.8) is 0 Å². The number of nitrogens with one attached hydrogen (secondary N) is 3. The molecular weight excluding hydrogens is 414 g/mol. The standard InChI is InChI=1S/C23H33N3O6/c1-16(2)19(26-23(30)32-14-17-10-6-5-7-11-17)21(28)25-18-15-31-13-9-4-3-8-12-24-22(29)20(18)27/h5-7,10-11,16,18-19H,3-4,8-9,12-15H2,1-2H3,(H,24,29)(H,25,28)(H,26,30). The second-order valence-corrected chi connectivity index (χ2v) is 8.10. The van der Waals surface area contributed by atoms with Crippen LogP contribution in [0, 0.1) is 5.92 Å². The Hall–Kier alpha value is -2.94. The molecule has 9 nitrogen and oxygen atoms in total. The summed E-state index contributed by atoms with van der Waals surface area (Å²) in [6.07, 6.45) is 2.78. The minimum Gasteiger partial charge on any atom is -0.445 e. The van der Waals surface area contributed by atoms with Crippen LogP contribution in [0.3, 0.4) is 0 Å². The molecule has 0 aromatic heterocycles. The van der Waals surface area contributed by atoms with Crippen molar-refractivity contribution >= 4 is 23.7 Å². The molecule has 3 N–H and O–H groups in total. The Morgan fingerprint density at radius 2 is 1.84 bits per heavy atom. The number of ether oxygens (including phenoxy) is 2. The third-order valence-electron chi connectivity index (χ3n) is 5.08. The van der Waals surface area contributed by atoms with Gasteiger partial charge in [-0.15, -0.1) is 0 Å². The predicted molar refractivity (Wildman–Crippen MR) is 118 cm³/mol. The Kier molecular flexibility index (Phi) is 10.7. The Morgan fingerprint density at radius 1 is 1.12 bits per heavy atom. The summed E-state index contributed by atoms with van der Waals surface area (Å²) in [4.78, 5) is 49.8. The van der Waals surface area contributed by atoms with Crippen LogP contribution in [0.15, 0.2) is 30.3 Å². The molecule has 1 heterocycles. The van der Waals surface area contributed by atoms with E-state index in [1.165, 1.54) is 0 Å². The lowest BCUT2D eigenvalue weighted by atomic mass is 10.0. The van der Waals surface area contributed by atoms with Gasteiger partial charge in [0.1, 0.15) is 18.7 Å². The SMILES string of the molecule is CC(C)C(NC(=O)OCc1ccccc1)C(=O)NC1COCCCCCCNC(=O)C1=O. The first-order chi connectivity index (χ1) is 15.4. The van der Waals surface area contributed by atoms with Gasteiger partial charge in [0.2, 0.25) is 11.7 Å². The van der Waals surface area contributed by atoms with E-state index in [4.69, 9.17) is 9.47 Å². The molecule has 2 atom stereocenters. The smallest absolute Gasteiger partial charge is 0.408 e. The van der Waals surface area contributed by atoms with E-state index in [1.54, 1.807) is 13.8 Å². The molecule has 0 bridgehead atoms. The van der Waals surface area contributed by atoms with Crippen LogP contribution in [0.5, 0.6) is 0 Å². The molecule has 1 aromatic carbocycles. The van der Waals surface area contributed by atoms with Crippen LogP contribution < -0.4 is 16.0 Å². The van der Waals surface area contributed by atoms with Crippen LogP contribution >= 0.6 is 0 Å². The van der Waals surface area contributed by atoms with E-state index in [0.29, 0.717) is 13.2 Å². The van der Waals surface area contributed by atoms with Gasteiger partial charge in [-0.2, -0.15) is 0 Å². The zero-order valence-corrected chi connectivity index (χ0v) is 18.7. The van der Waals surface area contributed by atoms with Gasteiger partial charge in [0, 0.05) is 13.2 Å². The first-order valence-electron chi connectivity index (χ1n) is 11.1. The normalized spacial score (nSPS) is 19.2. The van der Waals surface area contributed by atoms with Gasteiger partial charge in [0.05, 0.1) is 6.61 Å². The zero-order valence-electron chi connectivity index (χ0n) is 18.7. The van der Waals surface area contributed by atoms with Crippen LogP contribution in [-0.4, -0.2) is 55.5 Å². The van der Waals surface area contributed by atoms with Crippen LogP contribution in [0.2, 0.25) is 0 Å². The summed E-state index contributed by atoms with van der Waals surface area (Å²) in [5, 5.41) is 7.70. The van der Waals surface area contributed by atoms with E-state index in [2.05, 4.69) is 16.0 Å². The van der Waals surface area contributed by atoms with E-state index in [0.717, 1.165) is 31.2 Å². The highest BCUT2D eigenvalue weighted by Crippen LogP contribution is 2.07. The van der Waals surface area contributed by atoms with Gasteiger partial charge in [-0.1, -0.05) is 57.0 Å². The molecule has 0 saturated carbocycles. The summed E-state index contributed by atoms with van der Waals surface area (Å²) in [7, 11) is 0. The molecule has 2 unspecified atom stereocenters. The van der Waals surface area contributed by atoms with Crippen molar-refractivity contribution in [1.82, 2.24) is 16.0 Å². The van der Waals surface area contributed by atoms with Crippen molar-refractivity contribution in [2.24, 2.45) is 5.92 Å². The molecule has 9 heteroatoms. The summed E-state index contributed by atoms with van der Waals surface area (Å²) in [5.74, 6) is -2.39. The Morgan fingerprint density at radius 3 is 2.56 bits per heavy atom. The maximum atomic E-state index is 12.9. The second kappa shape index (κ2) is 13.5. The fourth-order valence-electron chi connectivity index (χ4n) is 3.20. The Bertz CT molecular complexity index is 768. The van der Waals surface area contributed by atoms with E-state index in [9.17, 15) is 19.2 Å². The number of ketones is 1. The fraction of sp³-hybridized carbons (Fsp3) is 0.565. The van der Waals surface area contributed by atoms with Crippen molar-refractivity contribution in [3.05, 3.63) is 35.9 Å². The number of carbonyl (C=O) groups is 4. The van der Waals surface area contributed by atoms with E-state index in [1.807, 2.05) is 30.3 Å². The average molecular weight is 448 g/mol. The van der Waals surface area contributed by atoms with Crippen molar-refractivity contribution in [3.8, 4) is 0 Å². The number of rotatable bonds is 6. The first kappa shape index (κ1) is 25.3. The lowest BCUT2D eigenvalue weighted by Gasteiger charge is -2.25. The minimum absolute atomic E-state index is 0.0637. The van der Waals surface area contributed by atoms with Crippen LogP contribution in [0.4, 0.5) is 4.79 Å². The molecule has 0 aliphatic carbocycles. The molecule has 1 aliphatic rings. The van der Waals surface area contributed by atoms with Crippen molar-refractivity contribution in [2.45, 2.75) is 58.2 Å². The molecule has 176 valence electrons. The highest BCUT2D eigenvalue weighted by atomic mass is 16.5. The maximum Gasteiger partial charge on any atom is 0.408 e. The number of hydrogen-bond donors (Lipinski definition) is 3. The Labute approximate surface area is 188 Å².